The molecule has 1 atom stereocenters. The highest BCUT2D eigenvalue weighted by atomic mass is 127. The molecular formula is C17H13FINO3. The van der Waals surface area contributed by atoms with Crippen molar-refractivity contribution in [3.8, 4) is 0 Å². The van der Waals surface area contributed by atoms with Gasteiger partial charge in [0.25, 0.3) is 0 Å². The predicted octanol–water partition coefficient (Wildman–Crippen LogP) is 4.16. The number of aromatic amines is 1. The van der Waals surface area contributed by atoms with Crippen LogP contribution in [0.25, 0.3) is 16.5 Å². The van der Waals surface area contributed by atoms with Crippen LogP contribution in [0.3, 0.4) is 0 Å². The number of halogens is 2. The van der Waals surface area contributed by atoms with Crippen molar-refractivity contribution in [2.75, 3.05) is 0 Å². The number of allylic oxidation sites excluding steroid dienone is 3. The fourth-order valence-electron chi connectivity index (χ4n) is 3.55. The van der Waals surface area contributed by atoms with Gasteiger partial charge in [-0.2, -0.15) is 0 Å². The maximum atomic E-state index is 14.2. The molecule has 0 bridgehead atoms. The lowest BCUT2D eigenvalue weighted by molar-refractivity contribution is -0.141. The summed E-state index contributed by atoms with van der Waals surface area (Å²) >= 11 is 2.09. The van der Waals surface area contributed by atoms with Crippen LogP contribution in [0.15, 0.2) is 29.5 Å². The van der Waals surface area contributed by atoms with Gasteiger partial charge in [0.1, 0.15) is 17.5 Å². The number of hydrogen-bond acceptors (Lipinski definition) is 2. The van der Waals surface area contributed by atoms with Crippen molar-refractivity contribution in [2.24, 2.45) is 5.92 Å². The summed E-state index contributed by atoms with van der Waals surface area (Å²) in [5.41, 5.74) is 4.13. The lowest BCUT2D eigenvalue weighted by atomic mass is 9.80. The van der Waals surface area contributed by atoms with Gasteiger partial charge in [0.15, 0.2) is 0 Å². The number of fused-ring (bicyclic) bond motifs is 4. The summed E-state index contributed by atoms with van der Waals surface area (Å²) in [5.74, 6) is -2.33. The number of aliphatic hydroxyl groups is 1. The molecule has 1 aromatic carbocycles. The van der Waals surface area contributed by atoms with Crippen molar-refractivity contribution in [1.29, 1.82) is 0 Å². The maximum absolute atomic E-state index is 14.2. The first kappa shape index (κ1) is 14.7. The van der Waals surface area contributed by atoms with E-state index >= 15 is 0 Å². The standard InChI is InChI=1S/C17H13FINO3/c18-13-5-8(19)4-11-9-2-1-7-3-12(17(22)23)14(21)6-10(7)15(9)20-16(11)13/h4-6,12,20-21H,1-3H2,(H,22,23). The lowest BCUT2D eigenvalue weighted by Gasteiger charge is -2.26. The van der Waals surface area contributed by atoms with Gasteiger partial charge in [-0.05, 0) is 65.6 Å². The summed E-state index contributed by atoms with van der Waals surface area (Å²) in [6, 6.07) is 3.43. The molecule has 4 nitrogen and oxygen atoms in total. The fraction of sp³-hybridized carbons (Fsp3) is 0.235. The van der Waals surface area contributed by atoms with Crippen LogP contribution in [0.4, 0.5) is 4.39 Å². The van der Waals surface area contributed by atoms with Crippen LogP contribution in [0, 0.1) is 15.3 Å². The summed E-state index contributed by atoms with van der Waals surface area (Å²) in [6.07, 6.45) is 3.31. The number of hydrogen-bond donors (Lipinski definition) is 3. The van der Waals surface area contributed by atoms with Crippen molar-refractivity contribution >= 4 is 45.0 Å². The van der Waals surface area contributed by atoms with Crippen molar-refractivity contribution in [3.63, 3.8) is 0 Å². The predicted molar refractivity (Wildman–Crippen MR) is 92.7 cm³/mol. The van der Waals surface area contributed by atoms with Crippen LogP contribution in [-0.4, -0.2) is 21.2 Å². The van der Waals surface area contributed by atoms with Crippen molar-refractivity contribution in [2.45, 2.75) is 19.3 Å². The molecule has 3 N–H and O–H groups in total. The number of aliphatic carboxylic acids is 1. The smallest absolute Gasteiger partial charge is 0.314 e. The van der Waals surface area contributed by atoms with Gasteiger partial charge in [0, 0.05) is 20.2 Å². The Morgan fingerprint density at radius 2 is 2.13 bits per heavy atom. The van der Waals surface area contributed by atoms with Gasteiger partial charge in [0.05, 0.1) is 5.52 Å². The van der Waals surface area contributed by atoms with Crippen molar-refractivity contribution in [3.05, 3.63) is 50.2 Å². The molecule has 1 aromatic heterocycles. The zero-order valence-electron chi connectivity index (χ0n) is 12.0. The molecule has 118 valence electrons. The van der Waals surface area contributed by atoms with E-state index in [1.165, 1.54) is 12.1 Å². The molecule has 0 radical (unpaired) electrons. The third-order valence-corrected chi connectivity index (χ3v) is 5.28. The van der Waals surface area contributed by atoms with Crippen LogP contribution < -0.4 is 0 Å². The van der Waals surface area contributed by atoms with E-state index in [4.69, 9.17) is 0 Å². The molecule has 1 heterocycles. The highest BCUT2D eigenvalue weighted by Gasteiger charge is 2.33. The number of benzene rings is 1. The fourth-order valence-corrected chi connectivity index (χ4v) is 4.13. The Bertz CT molecular complexity index is 926. The number of carbonyl (C=O) groups is 1. The summed E-state index contributed by atoms with van der Waals surface area (Å²) in [4.78, 5) is 14.4. The first-order valence-corrected chi connectivity index (χ1v) is 8.39. The Hall–Kier alpha value is -1.83. The molecule has 6 heteroatoms. The zero-order valence-corrected chi connectivity index (χ0v) is 14.1. The summed E-state index contributed by atoms with van der Waals surface area (Å²) in [6.45, 7) is 0. The number of aromatic nitrogens is 1. The van der Waals surface area contributed by atoms with Crippen LogP contribution >= 0.6 is 22.6 Å². The molecule has 2 aromatic rings. The van der Waals surface area contributed by atoms with Gasteiger partial charge in [-0.25, -0.2) is 4.39 Å². The molecule has 0 saturated carbocycles. The first-order valence-electron chi connectivity index (χ1n) is 7.31. The largest absolute Gasteiger partial charge is 0.511 e. The minimum Gasteiger partial charge on any atom is -0.511 e. The van der Waals surface area contributed by atoms with E-state index in [0.29, 0.717) is 11.9 Å². The van der Waals surface area contributed by atoms with Crippen LogP contribution in [-0.2, 0) is 11.2 Å². The quantitative estimate of drug-likeness (QED) is 0.601. The number of carboxylic acids is 1. The van der Waals surface area contributed by atoms with Gasteiger partial charge < -0.3 is 15.2 Å². The molecule has 2 aliphatic carbocycles. The van der Waals surface area contributed by atoms with Crippen molar-refractivity contribution < 1.29 is 19.4 Å². The van der Waals surface area contributed by atoms with Crippen LogP contribution in [0.5, 0.6) is 0 Å². The highest BCUT2D eigenvalue weighted by Crippen LogP contribution is 2.43. The SMILES string of the molecule is O=C(O)C1CC2=C(C=C1O)c1[nH]c3c(F)cc(I)cc3c1CC2. The molecule has 4 rings (SSSR count). The van der Waals surface area contributed by atoms with Crippen LogP contribution in [0.1, 0.15) is 24.1 Å². The molecular weight excluding hydrogens is 412 g/mol. The van der Waals surface area contributed by atoms with E-state index in [2.05, 4.69) is 27.6 Å². The number of nitrogens with one attached hydrogen (secondary N) is 1. The Morgan fingerprint density at radius 3 is 2.87 bits per heavy atom. The third kappa shape index (κ3) is 2.19. The number of aryl methyl sites for hydroxylation is 1. The van der Waals surface area contributed by atoms with Gasteiger partial charge in [0.2, 0.25) is 0 Å². The zero-order chi connectivity index (χ0) is 16.3. The lowest BCUT2D eigenvalue weighted by Crippen LogP contribution is -2.22. The van der Waals surface area contributed by atoms with E-state index in [0.717, 1.165) is 44.2 Å². The van der Waals surface area contributed by atoms with E-state index in [1.807, 2.05) is 6.07 Å². The van der Waals surface area contributed by atoms with E-state index in [1.54, 1.807) is 0 Å². The second-order valence-corrected chi connectivity index (χ2v) is 7.22. The van der Waals surface area contributed by atoms with E-state index in [-0.39, 0.29) is 11.6 Å². The first-order chi connectivity index (χ1) is 11.0. The normalized spacial score (nSPS) is 20.3. The van der Waals surface area contributed by atoms with Gasteiger partial charge in [-0.1, -0.05) is 5.57 Å². The molecule has 0 aliphatic heterocycles. The molecule has 2 aliphatic rings. The Labute approximate surface area is 144 Å². The summed E-state index contributed by atoms with van der Waals surface area (Å²) in [7, 11) is 0. The molecule has 0 saturated heterocycles. The Balaban J connectivity index is 1.92. The Morgan fingerprint density at radius 1 is 1.35 bits per heavy atom. The van der Waals surface area contributed by atoms with E-state index in [9.17, 15) is 19.4 Å². The van der Waals surface area contributed by atoms with Crippen LogP contribution in [0.2, 0.25) is 0 Å². The minimum absolute atomic E-state index is 0.141. The minimum atomic E-state index is -1.02. The van der Waals surface area contributed by atoms with Gasteiger partial charge >= 0.3 is 5.97 Å². The molecule has 0 spiro atoms. The second kappa shape index (κ2) is 5.09. The highest BCUT2D eigenvalue weighted by molar-refractivity contribution is 14.1. The van der Waals surface area contributed by atoms with Crippen molar-refractivity contribution in [1.82, 2.24) is 4.98 Å². The number of H-pyrrole nitrogens is 1. The number of carboxylic acid groups (broad SMARTS) is 1. The molecule has 0 fully saturated rings. The van der Waals surface area contributed by atoms with E-state index < -0.39 is 11.9 Å². The topological polar surface area (TPSA) is 73.3 Å². The average molecular weight is 425 g/mol. The molecule has 23 heavy (non-hydrogen) atoms. The monoisotopic (exact) mass is 425 g/mol. The average Bonchev–Trinajstić information content (AvgIpc) is 2.86. The number of aliphatic hydroxyl groups excluding tert-OH is 1. The third-order valence-electron chi connectivity index (χ3n) is 4.66. The maximum Gasteiger partial charge on any atom is 0.314 e. The second-order valence-electron chi connectivity index (χ2n) is 5.97. The number of rotatable bonds is 1. The summed E-state index contributed by atoms with van der Waals surface area (Å²) < 4.78 is 15.0. The van der Waals surface area contributed by atoms with Gasteiger partial charge in [-0.15, -0.1) is 0 Å². The summed E-state index contributed by atoms with van der Waals surface area (Å²) in [5, 5.41) is 20.1. The van der Waals surface area contributed by atoms with Gasteiger partial charge in [-0.3, -0.25) is 4.79 Å². The molecule has 0 amide bonds. The molecule has 1 unspecified atom stereocenters. The Kier molecular flexibility index (Phi) is 3.26.